The minimum absolute atomic E-state index is 0.00689. The molecule has 0 atom stereocenters. The SMILES string of the molecule is CC(C)CCNC(=O)c1ccc(C(=O)N2CCN(c3ccccn3)CC2)cc1. The van der Waals surface area contributed by atoms with Gasteiger partial charge in [-0.05, 0) is 48.7 Å². The third-order valence-corrected chi connectivity index (χ3v) is 4.94. The molecule has 2 aromatic rings. The van der Waals surface area contributed by atoms with Gasteiger partial charge in [-0.25, -0.2) is 4.98 Å². The van der Waals surface area contributed by atoms with Gasteiger partial charge in [-0.3, -0.25) is 9.59 Å². The standard InChI is InChI=1S/C22H28N4O2/c1-17(2)10-12-24-21(27)18-6-8-19(9-7-18)22(28)26-15-13-25(14-16-26)20-5-3-4-11-23-20/h3-9,11,17H,10,12-16H2,1-2H3,(H,24,27). The number of amides is 2. The van der Waals surface area contributed by atoms with E-state index < -0.39 is 0 Å². The zero-order valence-electron chi connectivity index (χ0n) is 16.6. The van der Waals surface area contributed by atoms with E-state index in [0.717, 1.165) is 25.3 Å². The number of anilines is 1. The number of carbonyl (C=O) groups is 2. The number of pyridine rings is 1. The number of carbonyl (C=O) groups excluding carboxylic acids is 2. The molecule has 0 saturated carbocycles. The topological polar surface area (TPSA) is 65.5 Å². The molecule has 0 aliphatic carbocycles. The van der Waals surface area contributed by atoms with E-state index in [1.54, 1.807) is 30.5 Å². The highest BCUT2D eigenvalue weighted by Crippen LogP contribution is 2.15. The van der Waals surface area contributed by atoms with Gasteiger partial charge in [-0.2, -0.15) is 0 Å². The highest BCUT2D eigenvalue weighted by molar-refractivity contribution is 5.97. The Balaban J connectivity index is 1.53. The van der Waals surface area contributed by atoms with Crippen molar-refractivity contribution < 1.29 is 9.59 Å². The number of hydrogen-bond donors (Lipinski definition) is 1. The molecule has 28 heavy (non-hydrogen) atoms. The van der Waals surface area contributed by atoms with Gasteiger partial charge in [0.15, 0.2) is 0 Å². The maximum atomic E-state index is 12.8. The van der Waals surface area contributed by atoms with Crippen LogP contribution < -0.4 is 10.2 Å². The molecule has 0 unspecified atom stereocenters. The smallest absolute Gasteiger partial charge is 0.253 e. The Hall–Kier alpha value is -2.89. The van der Waals surface area contributed by atoms with Crippen molar-refractivity contribution in [1.29, 1.82) is 0 Å². The van der Waals surface area contributed by atoms with Gasteiger partial charge < -0.3 is 15.1 Å². The normalized spacial score (nSPS) is 14.2. The predicted molar refractivity (Wildman–Crippen MR) is 111 cm³/mol. The van der Waals surface area contributed by atoms with E-state index in [9.17, 15) is 9.59 Å². The minimum atomic E-state index is -0.0939. The molecule has 2 heterocycles. The first-order chi connectivity index (χ1) is 13.5. The van der Waals surface area contributed by atoms with E-state index in [1.165, 1.54) is 0 Å². The summed E-state index contributed by atoms with van der Waals surface area (Å²) in [6.07, 6.45) is 2.74. The van der Waals surface area contributed by atoms with Crippen LogP contribution in [-0.4, -0.2) is 54.4 Å². The van der Waals surface area contributed by atoms with E-state index in [-0.39, 0.29) is 11.8 Å². The van der Waals surface area contributed by atoms with Gasteiger partial charge in [-0.1, -0.05) is 19.9 Å². The molecular weight excluding hydrogens is 352 g/mol. The number of aromatic nitrogens is 1. The van der Waals surface area contributed by atoms with Gasteiger partial charge in [0.05, 0.1) is 0 Å². The second kappa shape index (κ2) is 9.35. The van der Waals surface area contributed by atoms with Crippen LogP contribution in [0, 0.1) is 5.92 Å². The van der Waals surface area contributed by atoms with Gasteiger partial charge in [0, 0.05) is 50.0 Å². The number of piperazine rings is 1. The quantitative estimate of drug-likeness (QED) is 0.837. The number of benzene rings is 1. The number of hydrogen-bond acceptors (Lipinski definition) is 4. The molecule has 1 aliphatic rings. The molecule has 1 aromatic heterocycles. The fourth-order valence-corrected chi connectivity index (χ4v) is 3.20. The van der Waals surface area contributed by atoms with E-state index in [2.05, 4.69) is 29.0 Å². The van der Waals surface area contributed by atoms with E-state index in [0.29, 0.717) is 36.7 Å². The third kappa shape index (κ3) is 5.09. The van der Waals surface area contributed by atoms with Crippen molar-refractivity contribution in [3.05, 3.63) is 59.8 Å². The molecule has 3 rings (SSSR count). The van der Waals surface area contributed by atoms with Crippen molar-refractivity contribution in [2.24, 2.45) is 5.92 Å². The van der Waals surface area contributed by atoms with Crippen LogP contribution in [0.25, 0.3) is 0 Å². The van der Waals surface area contributed by atoms with Gasteiger partial charge in [0.25, 0.3) is 11.8 Å². The Bertz CT molecular complexity index is 782. The largest absolute Gasteiger partial charge is 0.353 e. The molecule has 0 spiro atoms. The van der Waals surface area contributed by atoms with Crippen molar-refractivity contribution in [1.82, 2.24) is 15.2 Å². The van der Waals surface area contributed by atoms with Crippen LogP contribution in [0.2, 0.25) is 0 Å². The molecule has 2 amide bonds. The Morgan fingerprint density at radius 1 is 1.00 bits per heavy atom. The van der Waals surface area contributed by atoms with Gasteiger partial charge in [0.2, 0.25) is 0 Å². The summed E-state index contributed by atoms with van der Waals surface area (Å²) in [6.45, 7) is 7.76. The summed E-state index contributed by atoms with van der Waals surface area (Å²) in [5, 5.41) is 2.92. The van der Waals surface area contributed by atoms with Crippen LogP contribution in [0.3, 0.4) is 0 Å². The first-order valence-electron chi connectivity index (χ1n) is 9.88. The monoisotopic (exact) mass is 380 g/mol. The van der Waals surface area contributed by atoms with Crippen molar-refractivity contribution in [2.75, 3.05) is 37.6 Å². The van der Waals surface area contributed by atoms with E-state index in [4.69, 9.17) is 0 Å². The summed E-state index contributed by atoms with van der Waals surface area (Å²) in [7, 11) is 0. The van der Waals surface area contributed by atoms with Gasteiger partial charge in [0.1, 0.15) is 5.82 Å². The van der Waals surface area contributed by atoms with Crippen LogP contribution in [0.5, 0.6) is 0 Å². The minimum Gasteiger partial charge on any atom is -0.353 e. The lowest BCUT2D eigenvalue weighted by Gasteiger charge is -2.35. The van der Waals surface area contributed by atoms with Crippen molar-refractivity contribution in [3.63, 3.8) is 0 Å². The zero-order valence-corrected chi connectivity index (χ0v) is 16.6. The highest BCUT2D eigenvalue weighted by Gasteiger charge is 2.22. The molecule has 1 aromatic carbocycles. The van der Waals surface area contributed by atoms with E-state index >= 15 is 0 Å². The molecule has 0 bridgehead atoms. The molecule has 148 valence electrons. The van der Waals surface area contributed by atoms with E-state index in [1.807, 2.05) is 23.1 Å². The summed E-state index contributed by atoms with van der Waals surface area (Å²) in [6, 6.07) is 12.8. The maximum absolute atomic E-state index is 12.8. The fraction of sp³-hybridized carbons (Fsp3) is 0.409. The molecule has 1 aliphatic heterocycles. The lowest BCUT2D eigenvalue weighted by atomic mass is 10.1. The Kier molecular flexibility index (Phi) is 6.63. The van der Waals surface area contributed by atoms with Crippen LogP contribution in [-0.2, 0) is 0 Å². The number of nitrogens with one attached hydrogen (secondary N) is 1. The van der Waals surface area contributed by atoms with Crippen LogP contribution in [0.15, 0.2) is 48.7 Å². The average molecular weight is 380 g/mol. The zero-order chi connectivity index (χ0) is 19.9. The molecule has 1 N–H and O–H groups in total. The summed E-state index contributed by atoms with van der Waals surface area (Å²) in [4.78, 5) is 33.3. The van der Waals surface area contributed by atoms with Crippen LogP contribution in [0.4, 0.5) is 5.82 Å². The predicted octanol–water partition coefficient (Wildman–Crippen LogP) is 2.82. The molecule has 0 radical (unpaired) electrons. The van der Waals surface area contributed by atoms with Crippen molar-refractivity contribution in [2.45, 2.75) is 20.3 Å². The molecule has 6 heteroatoms. The first-order valence-corrected chi connectivity index (χ1v) is 9.88. The molecule has 1 fully saturated rings. The van der Waals surface area contributed by atoms with Gasteiger partial charge in [-0.15, -0.1) is 0 Å². The Morgan fingerprint density at radius 3 is 2.29 bits per heavy atom. The summed E-state index contributed by atoms with van der Waals surface area (Å²) in [5.74, 6) is 1.41. The number of nitrogens with zero attached hydrogens (tertiary/aromatic N) is 3. The van der Waals surface area contributed by atoms with Crippen molar-refractivity contribution >= 4 is 17.6 Å². The summed E-state index contributed by atoms with van der Waals surface area (Å²) in [5.41, 5.74) is 1.20. The lowest BCUT2D eigenvalue weighted by Crippen LogP contribution is -2.49. The highest BCUT2D eigenvalue weighted by atomic mass is 16.2. The van der Waals surface area contributed by atoms with Crippen LogP contribution in [0.1, 0.15) is 41.0 Å². The second-order valence-corrected chi connectivity index (χ2v) is 7.48. The summed E-state index contributed by atoms with van der Waals surface area (Å²) >= 11 is 0. The lowest BCUT2D eigenvalue weighted by molar-refractivity contribution is 0.0746. The fourth-order valence-electron chi connectivity index (χ4n) is 3.20. The van der Waals surface area contributed by atoms with Crippen LogP contribution >= 0.6 is 0 Å². The Morgan fingerprint density at radius 2 is 1.68 bits per heavy atom. The Labute approximate surface area is 166 Å². The maximum Gasteiger partial charge on any atom is 0.253 e. The molecular formula is C22H28N4O2. The summed E-state index contributed by atoms with van der Waals surface area (Å²) < 4.78 is 0. The number of rotatable bonds is 6. The second-order valence-electron chi connectivity index (χ2n) is 7.48. The third-order valence-electron chi connectivity index (χ3n) is 4.94. The average Bonchev–Trinajstić information content (AvgIpc) is 2.74. The molecule has 1 saturated heterocycles. The van der Waals surface area contributed by atoms with Crippen molar-refractivity contribution in [3.8, 4) is 0 Å². The molecule has 6 nitrogen and oxygen atoms in total. The first kappa shape index (κ1) is 19.9. The van der Waals surface area contributed by atoms with Gasteiger partial charge >= 0.3 is 0 Å².